The van der Waals surface area contributed by atoms with Gasteiger partial charge in [-0.25, -0.2) is 0 Å². The highest BCUT2D eigenvalue weighted by Crippen LogP contribution is 2.28. The van der Waals surface area contributed by atoms with Crippen LogP contribution >= 0.6 is 22.9 Å². The summed E-state index contributed by atoms with van der Waals surface area (Å²) in [6.45, 7) is 4.12. The van der Waals surface area contributed by atoms with Crippen molar-refractivity contribution < 1.29 is 5.11 Å². The second-order valence-corrected chi connectivity index (χ2v) is 6.11. The number of aryl methyl sites for hydroxylation is 2. The van der Waals surface area contributed by atoms with Gasteiger partial charge in [0.1, 0.15) is 0 Å². The highest BCUT2D eigenvalue weighted by Gasteiger charge is 2.13. The maximum absolute atomic E-state index is 10.2. The van der Waals surface area contributed by atoms with E-state index in [9.17, 15) is 5.11 Å². The predicted octanol–water partition coefficient (Wildman–Crippen LogP) is 4.29. The van der Waals surface area contributed by atoms with E-state index in [1.165, 1.54) is 9.75 Å². The summed E-state index contributed by atoms with van der Waals surface area (Å²) in [6, 6.07) is 9.70. The maximum Gasteiger partial charge on any atom is 0.0841 e. The van der Waals surface area contributed by atoms with E-state index < -0.39 is 6.10 Å². The van der Waals surface area contributed by atoms with Gasteiger partial charge in [-0.2, -0.15) is 0 Å². The molecule has 1 nitrogen and oxygen atoms in total. The Bertz CT molecular complexity index is 501. The standard InChI is InChI=1S/C14H15ClOS/c1-9-7-13(10(2)17-9)14(16)8-11-3-5-12(15)6-4-11/h3-7,14,16H,8H2,1-2H3. The smallest absolute Gasteiger partial charge is 0.0841 e. The Morgan fingerprint density at radius 1 is 1.24 bits per heavy atom. The molecule has 0 aliphatic carbocycles. The summed E-state index contributed by atoms with van der Waals surface area (Å²) < 4.78 is 0. The van der Waals surface area contributed by atoms with Crippen molar-refractivity contribution in [3.05, 3.63) is 56.2 Å². The fourth-order valence-corrected chi connectivity index (χ4v) is 3.04. The first-order chi connectivity index (χ1) is 8.06. The molecule has 3 heteroatoms. The topological polar surface area (TPSA) is 20.2 Å². The van der Waals surface area contributed by atoms with Crippen LogP contribution in [0.5, 0.6) is 0 Å². The van der Waals surface area contributed by atoms with Gasteiger partial charge >= 0.3 is 0 Å². The molecule has 1 aromatic heterocycles. The van der Waals surface area contributed by atoms with E-state index in [1.54, 1.807) is 11.3 Å². The first-order valence-corrected chi connectivity index (χ1v) is 6.75. The molecule has 0 aliphatic heterocycles. The minimum atomic E-state index is -0.430. The summed E-state index contributed by atoms with van der Waals surface area (Å²) in [4.78, 5) is 2.44. The molecule has 0 aliphatic rings. The average molecular weight is 267 g/mol. The first kappa shape index (κ1) is 12.6. The van der Waals surface area contributed by atoms with E-state index in [4.69, 9.17) is 11.6 Å². The number of halogens is 1. The van der Waals surface area contributed by atoms with Gasteiger partial charge in [-0.05, 0) is 43.2 Å². The van der Waals surface area contributed by atoms with E-state index >= 15 is 0 Å². The molecule has 90 valence electrons. The summed E-state index contributed by atoms with van der Waals surface area (Å²) in [6.07, 6.45) is 0.204. The molecular weight excluding hydrogens is 252 g/mol. The van der Waals surface area contributed by atoms with E-state index in [2.05, 4.69) is 19.9 Å². The number of hydrogen-bond donors (Lipinski definition) is 1. The number of hydrogen-bond acceptors (Lipinski definition) is 2. The van der Waals surface area contributed by atoms with Crippen LogP contribution in [-0.4, -0.2) is 5.11 Å². The molecule has 1 unspecified atom stereocenters. The number of thiophene rings is 1. The molecule has 0 saturated carbocycles. The SMILES string of the molecule is Cc1cc(C(O)Cc2ccc(Cl)cc2)c(C)s1. The van der Waals surface area contributed by atoms with Crippen molar-refractivity contribution in [1.29, 1.82) is 0 Å². The highest BCUT2D eigenvalue weighted by molar-refractivity contribution is 7.12. The normalized spacial score (nSPS) is 12.7. The third kappa shape index (κ3) is 3.09. The Hall–Kier alpha value is -0.830. The minimum Gasteiger partial charge on any atom is -0.388 e. The van der Waals surface area contributed by atoms with Crippen LogP contribution in [0, 0.1) is 13.8 Å². The van der Waals surface area contributed by atoms with Crippen LogP contribution < -0.4 is 0 Å². The lowest BCUT2D eigenvalue weighted by Gasteiger charge is -2.10. The van der Waals surface area contributed by atoms with Crippen LogP contribution in [0.15, 0.2) is 30.3 Å². The molecule has 2 rings (SSSR count). The zero-order valence-corrected chi connectivity index (χ0v) is 11.5. The Morgan fingerprint density at radius 3 is 2.41 bits per heavy atom. The van der Waals surface area contributed by atoms with Gasteiger partial charge in [-0.3, -0.25) is 0 Å². The lowest BCUT2D eigenvalue weighted by atomic mass is 10.0. The zero-order chi connectivity index (χ0) is 12.4. The van der Waals surface area contributed by atoms with Crippen molar-refractivity contribution in [2.45, 2.75) is 26.4 Å². The molecule has 17 heavy (non-hydrogen) atoms. The molecule has 1 atom stereocenters. The maximum atomic E-state index is 10.2. The van der Waals surface area contributed by atoms with Crippen LogP contribution in [0.1, 0.15) is 27.0 Å². The van der Waals surface area contributed by atoms with Gasteiger partial charge in [0.15, 0.2) is 0 Å². The Balaban J connectivity index is 2.14. The van der Waals surface area contributed by atoms with Crippen molar-refractivity contribution >= 4 is 22.9 Å². The fraction of sp³-hybridized carbons (Fsp3) is 0.286. The zero-order valence-electron chi connectivity index (χ0n) is 9.90. The quantitative estimate of drug-likeness (QED) is 0.878. The second kappa shape index (κ2) is 5.21. The van der Waals surface area contributed by atoms with Crippen molar-refractivity contribution in [2.24, 2.45) is 0 Å². The lowest BCUT2D eigenvalue weighted by Crippen LogP contribution is -2.01. The van der Waals surface area contributed by atoms with Crippen LogP contribution in [-0.2, 0) is 6.42 Å². The summed E-state index contributed by atoms with van der Waals surface area (Å²) in [7, 11) is 0. The molecule has 2 aromatic rings. The third-order valence-electron chi connectivity index (χ3n) is 2.78. The summed E-state index contributed by atoms with van der Waals surface area (Å²) in [5.74, 6) is 0. The van der Waals surface area contributed by atoms with Crippen molar-refractivity contribution in [3.63, 3.8) is 0 Å². The molecule has 0 radical (unpaired) electrons. The largest absolute Gasteiger partial charge is 0.388 e. The van der Waals surface area contributed by atoms with Gasteiger partial charge in [0.25, 0.3) is 0 Å². The van der Waals surface area contributed by atoms with E-state index in [-0.39, 0.29) is 0 Å². The summed E-state index contributed by atoms with van der Waals surface area (Å²) >= 11 is 7.56. The molecule has 0 spiro atoms. The van der Waals surface area contributed by atoms with Gasteiger partial charge in [0.05, 0.1) is 6.10 Å². The van der Waals surface area contributed by atoms with Gasteiger partial charge in [-0.15, -0.1) is 11.3 Å². The van der Waals surface area contributed by atoms with Crippen LogP contribution in [0.3, 0.4) is 0 Å². The minimum absolute atomic E-state index is 0.430. The van der Waals surface area contributed by atoms with Crippen molar-refractivity contribution in [3.8, 4) is 0 Å². The van der Waals surface area contributed by atoms with Crippen molar-refractivity contribution in [2.75, 3.05) is 0 Å². The molecule has 0 saturated heterocycles. The second-order valence-electron chi connectivity index (χ2n) is 4.21. The Morgan fingerprint density at radius 2 is 1.88 bits per heavy atom. The predicted molar refractivity (Wildman–Crippen MR) is 73.9 cm³/mol. The van der Waals surface area contributed by atoms with Gasteiger partial charge in [0.2, 0.25) is 0 Å². The number of rotatable bonds is 3. The molecule has 1 heterocycles. The van der Waals surface area contributed by atoms with Gasteiger partial charge in [-0.1, -0.05) is 23.7 Å². The van der Waals surface area contributed by atoms with Crippen LogP contribution in [0.2, 0.25) is 5.02 Å². The number of aliphatic hydroxyl groups is 1. The molecule has 1 N–H and O–H groups in total. The third-order valence-corrected chi connectivity index (χ3v) is 4.01. The molecule has 1 aromatic carbocycles. The molecule has 0 bridgehead atoms. The van der Waals surface area contributed by atoms with E-state index in [0.29, 0.717) is 6.42 Å². The monoisotopic (exact) mass is 266 g/mol. The van der Waals surface area contributed by atoms with Crippen molar-refractivity contribution in [1.82, 2.24) is 0 Å². The average Bonchev–Trinajstić information content (AvgIpc) is 2.61. The van der Waals surface area contributed by atoms with Crippen LogP contribution in [0.4, 0.5) is 0 Å². The van der Waals surface area contributed by atoms with Gasteiger partial charge in [0, 0.05) is 21.2 Å². The van der Waals surface area contributed by atoms with Crippen LogP contribution in [0.25, 0.3) is 0 Å². The molecule has 0 amide bonds. The Kier molecular flexibility index (Phi) is 3.87. The van der Waals surface area contributed by atoms with E-state index in [0.717, 1.165) is 16.1 Å². The first-order valence-electron chi connectivity index (χ1n) is 5.55. The highest BCUT2D eigenvalue weighted by atomic mass is 35.5. The lowest BCUT2D eigenvalue weighted by molar-refractivity contribution is 0.178. The number of benzene rings is 1. The summed E-state index contributed by atoms with van der Waals surface area (Å²) in [5, 5.41) is 10.9. The summed E-state index contributed by atoms with van der Waals surface area (Å²) in [5.41, 5.74) is 2.15. The fourth-order valence-electron chi connectivity index (χ4n) is 1.94. The molecule has 0 fully saturated rings. The molecular formula is C14H15ClOS. The van der Waals surface area contributed by atoms with E-state index in [1.807, 2.05) is 24.3 Å². The van der Waals surface area contributed by atoms with Gasteiger partial charge < -0.3 is 5.11 Å². The Labute approximate surface area is 111 Å². The number of aliphatic hydroxyl groups excluding tert-OH is 1.